The lowest BCUT2D eigenvalue weighted by atomic mass is 10.2. The number of hydrogen-bond donors (Lipinski definition) is 2. The van der Waals surface area contributed by atoms with Gasteiger partial charge in [-0.1, -0.05) is 12.1 Å². The second-order valence-corrected chi connectivity index (χ2v) is 5.34. The van der Waals surface area contributed by atoms with Crippen LogP contribution < -0.4 is 15.4 Å². The molecule has 1 heterocycles. The summed E-state index contributed by atoms with van der Waals surface area (Å²) in [4.78, 5) is 23.5. The first-order chi connectivity index (χ1) is 10.1. The minimum absolute atomic E-state index is 0.00959. The Bertz CT molecular complexity index is 731. The smallest absolute Gasteiger partial charge is 0.262 e. The predicted molar refractivity (Wildman–Crippen MR) is 82.7 cm³/mol. The van der Waals surface area contributed by atoms with Crippen LogP contribution in [0.5, 0.6) is 5.75 Å². The Morgan fingerprint density at radius 3 is 2.86 bits per heavy atom. The molecular formula is C15H11BrN2O3. The molecule has 1 aliphatic heterocycles. The van der Waals surface area contributed by atoms with Crippen molar-refractivity contribution in [2.45, 2.75) is 0 Å². The summed E-state index contributed by atoms with van der Waals surface area (Å²) in [6.45, 7) is 0.00959. The van der Waals surface area contributed by atoms with Gasteiger partial charge in [-0.3, -0.25) is 9.59 Å². The average molecular weight is 347 g/mol. The zero-order chi connectivity index (χ0) is 14.8. The van der Waals surface area contributed by atoms with Gasteiger partial charge in [0.25, 0.3) is 11.8 Å². The standard InChI is InChI=1S/C15H11BrN2O3/c16-11-4-2-1-3-10(11)15(20)17-9-5-6-13-12(7-9)18-14(19)8-21-13/h1-7H,8H2,(H,17,20)(H,18,19). The average Bonchev–Trinajstić information content (AvgIpc) is 2.47. The van der Waals surface area contributed by atoms with E-state index < -0.39 is 0 Å². The van der Waals surface area contributed by atoms with Crippen LogP contribution in [0.4, 0.5) is 11.4 Å². The molecule has 0 aromatic heterocycles. The lowest BCUT2D eigenvalue weighted by molar-refractivity contribution is -0.118. The molecule has 0 saturated carbocycles. The summed E-state index contributed by atoms with van der Waals surface area (Å²) in [6.07, 6.45) is 0. The van der Waals surface area contributed by atoms with Crippen LogP contribution in [-0.2, 0) is 4.79 Å². The Labute approximate surface area is 129 Å². The fourth-order valence-electron chi connectivity index (χ4n) is 2.00. The van der Waals surface area contributed by atoms with Crippen LogP contribution in [0.15, 0.2) is 46.9 Å². The van der Waals surface area contributed by atoms with E-state index in [0.29, 0.717) is 22.7 Å². The van der Waals surface area contributed by atoms with Crippen molar-refractivity contribution in [3.8, 4) is 5.75 Å². The Morgan fingerprint density at radius 1 is 1.24 bits per heavy atom. The van der Waals surface area contributed by atoms with Crippen molar-refractivity contribution in [2.75, 3.05) is 17.2 Å². The van der Waals surface area contributed by atoms with Crippen molar-refractivity contribution in [3.63, 3.8) is 0 Å². The highest BCUT2D eigenvalue weighted by atomic mass is 79.9. The number of halogens is 1. The van der Waals surface area contributed by atoms with Crippen molar-refractivity contribution in [1.82, 2.24) is 0 Å². The second kappa shape index (κ2) is 5.57. The normalized spacial score (nSPS) is 12.9. The zero-order valence-electron chi connectivity index (χ0n) is 10.9. The maximum atomic E-state index is 12.2. The molecule has 106 valence electrons. The third kappa shape index (κ3) is 2.90. The Morgan fingerprint density at radius 2 is 2.05 bits per heavy atom. The molecule has 0 atom stereocenters. The molecule has 0 aliphatic carbocycles. The van der Waals surface area contributed by atoms with E-state index in [1.807, 2.05) is 6.07 Å². The summed E-state index contributed by atoms with van der Waals surface area (Å²) in [5.41, 5.74) is 1.67. The number of anilines is 2. The third-order valence-electron chi connectivity index (χ3n) is 2.99. The van der Waals surface area contributed by atoms with E-state index in [-0.39, 0.29) is 18.4 Å². The quantitative estimate of drug-likeness (QED) is 0.878. The fourth-order valence-corrected chi connectivity index (χ4v) is 2.47. The van der Waals surface area contributed by atoms with Crippen molar-refractivity contribution < 1.29 is 14.3 Å². The fraction of sp³-hybridized carbons (Fsp3) is 0.0667. The van der Waals surface area contributed by atoms with Gasteiger partial charge in [0.05, 0.1) is 11.3 Å². The number of benzene rings is 2. The molecule has 0 saturated heterocycles. The van der Waals surface area contributed by atoms with E-state index in [0.717, 1.165) is 4.47 Å². The first kappa shape index (κ1) is 13.6. The van der Waals surface area contributed by atoms with Crippen LogP contribution in [0.25, 0.3) is 0 Å². The van der Waals surface area contributed by atoms with Gasteiger partial charge in [0, 0.05) is 10.2 Å². The summed E-state index contributed by atoms with van der Waals surface area (Å²) in [5.74, 6) is 0.149. The van der Waals surface area contributed by atoms with E-state index in [4.69, 9.17) is 4.74 Å². The highest BCUT2D eigenvalue weighted by molar-refractivity contribution is 9.10. The molecule has 21 heavy (non-hydrogen) atoms. The Kier molecular flexibility index (Phi) is 3.62. The lowest BCUT2D eigenvalue weighted by Gasteiger charge is -2.18. The van der Waals surface area contributed by atoms with E-state index in [1.165, 1.54) is 0 Å². The van der Waals surface area contributed by atoms with E-state index in [1.54, 1.807) is 36.4 Å². The van der Waals surface area contributed by atoms with Gasteiger partial charge in [-0.2, -0.15) is 0 Å². The summed E-state index contributed by atoms with van der Waals surface area (Å²) in [7, 11) is 0. The van der Waals surface area contributed by atoms with Crippen LogP contribution in [0.3, 0.4) is 0 Å². The minimum atomic E-state index is -0.231. The van der Waals surface area contributed by atoms with Crippen molar-refractivity contribution in [2.24, 2.45) is 0 Å². The van der Waals surface area contributed by atoms with Crippen LogP contribution >= 0.6 is 15.9 Å². The third-order valence-corrected chi connectivity index (χ3v) is 3.68. The topological polar surface area (TPSA) is 67.4 Å². The minimum Gasteiger partial charge on any atom is -0.482 e. The van der Waals surface area contributed by atoms with Crippen molar-refractivity contribution in [3.05, 3.63) is 52.5 Å². The van der Waals surface area contributed by atoms with Crippen LogP contribution in [0.1, 0.15) is 10.4 Å². The zero-order valence-corrected chi connectivity index (χ0v) is 12.4. The predicted octanol–water partition coefficient (Wildman–Crippen LogP) is 3.03. The number of carbonyl (C=O) groups is 2. The molecule has 6 heteroatoms. The number of hydrogen-bond acceptors (Lipinski definition) is 3. The first-order valence-corrected chi connectivity index (χ1v) is 7.05. The van der Waals surface area contributed by atoms with E-state index >= 15 is 0 Å². The number of amides is 2. The SMILES string of the molecule is O=C1COc2ccc(NC(=O)c3ccccc3Br)cc2N1. The van der Waals surface area contributed by atoms with Crippen LogP contribution in [-0.4, -0.2) is 18.4 Å². The highest BCUT2D eigenvalue weighted by Gasteiger charge is 2.17. The molecule has 2 N–H and O–H groups in total. The van der Waals surface area contributed by atoms with Crippen LogP contribution in [0, 0.1) is 0 Å². The molecular weight excluding hydrogens is 336 g/mol. The Balaban J connectivity index is 1.82. The molecule has 2 amide bonds. The number of carbonyl (C=O) groups excluding carboxylic acids is 2. The van der Waals surface area contributed by atoms with Gasteiger partial charge in [0.2, 0.25) is 0 Å². The van der Waals surface area contributed by atoms with Gasteiger partial charge < -0.3 is 15.4 Å². The van der Waals surface area contributed by atoms with Gasteiger partial charge in [-0.05, 0) is 46.3 Å². The molecule has 2 aromatic rings. The molecule has 3 rings (SSSR count). The van der Waals surface area contributed by atoms with Gasteiger partial charge in [0.1, 0.15) is 5.75 Å². The maximum Gasteiger partial charge on any atom is 0.262 e. The molecule has 0 bridgehead atoms. The van der Waals surface area contributed by atoms with Gasteiger partial charge in [-0.25, -0.2) is 0 Å². The summed E-state index contributed by atoms with van der Waals surface area (Å²) >= 11 is 3.34. The number of fused-ring (bicyclic) bond motifs is 1. The van der Waals surface area contributed by atoms with Gasteiger partial charge in [0.15, 0.2) is 6.61 Å². The summed E-state index contributed by atoms with van der Waals surface area (Å²) in [5, 5.41) is 5.49. The molecule has 0 fully saturated rings. The maximum absolute atomic E-state index is 12.2. The monoisotopic (exact) mass is 346 g/mol. The van der Waals surface area contributed by atoms with E-state index in [2.05, 4.69) is 26.6 Å². The number of nitrogens with one attached hydrogen (secondary N) is 2. The van der Waals surface area contributed by atoms with Gasteiger partial charge in [-0.15, -0.1) is 0 Å². The van der Waals surface area contributed by atoms with Gasteiger partial charge >= 0.3 is 0 Å². The van der Waals surface area contributed by atoms with Crippen LogP contribution in [0.2, 0.25) is 0 Å². The lowest BCUT2D eigenvalue weighted by Crippen LogP contribution is -2.25. The summed E-state index contributed by atoms with van der Waals surface area (Å²) < 4.78 is 5.99. The summed E-state index contributed by atoms with van der Waals surface area (Å²) in [6, 6.07) is 12.3. The highest BCUT2D eigenvalue weighted by Crippen LogP contribution is 2.30. The molecule has 0 radical (unpaired) electrons. The molecule has 1 aliphatic rings. The van der Waals surface area contributed by atoms with E-state index in [9.17, 15) is 9.59 Å². The van der Waals surface area contributed by atoms with Crippen molar-refractivity contribution >= 4 is 39.1 Å². The second-order valence-electron chi connectivity index (χ2n) is 4.48. The molecule has 0 spiro atoms. The number of ether oxygens (including phenoxy) is 1. The first-order valence-electron chi connectivity index (χ1n) is 6.26. The molecule has 2 aromatic carbocycles. The molecule has 5 nitrogen and oxygen atoms in total. The number of rotatable bonds is 2. The molecule has 0 unspecified atom stereocenters. The largest absolute Gasteiger partial charge is 0.482 e. The van der Waals surface area contributed by atoms with Crippen molar-refractivity contribution in [1.29, 1.82) is 0 Å². The Hall–Kier alpha value is -2.34.